The van der Waals surface area contributed by atoms with E-state index in [1.54, 1.807) is 6.20 Å². The lowest BCUT2D eigenvalue weighted by molar-refractivity contribution is 0.421. The number of nitrogens with one attached hydrogen (secondary N) is 2. The Labute approximate surface area is 126 Å². The van der Waals surface area contributed by atoms with Gasteiger partial charge < -0.3 is 14.9 Å². The van der Waals surface area contributed by atoms with Crippen molar-refractivity contribution in [2.45, 2.75) is 58.0 Å². The minimum absolute atomic E-state index is 0.122. The molecular weight excluding hydrogens is 262 g/mol. The zero-order valence-corrected chi connectivity index (χ0v) is 13.2. The molecule has 5 heteroatoms. The number of hydrogen-bond donors (Lipinski definition) is 2. The van der Waals surface area contributed by atoms with Gasteiger partial charge in [0.1, 0.15) is 11.6 Å². The minimum atomic E-state index is 0.122. The van der Waals surface area contributed by atoms with E-state index in [1.165, 1.54) is 24.4 Å². The first-order chi connectivity index (χ1) is 10.0. The maximum atomic E-state index is 4.92. The van der Waals surface area contributed by atoms with Gasteiger partial charge in [-0.1, -0.05) is 20.8 Å². The molecule has 3 heterocycles. The number of aromatic amines is 1. The highest BCUT2D eigenvalue weighted by atomic mass is 15.1. The summed E-state index contributed by atoms with van der Waals surface area (Å²) in [5.41, 5.74) is 1.33. The Morgan fingerprint density at radius 3 is 3.00 bits per heavy atom. The Hall–Kier alpha value is -1.62. The van der Waals surface area contributed by atoms with E-state index in [4.69, 9.17) is 4.98 Å². The molecule has 3 rings (SSSR count). The molecule has 21 heavy (non-hydrogen) atoms. The number of fused-ring (bicyclic) bond motifs is 1. The molecule has 0 saturated heterocycles. The summed E-state index contributed by atoms with van der Waals surface area (Å²) in [5, 5.41) is 3.50. The summed E-state index contributed by atoms with van der Waals surface area (Å²) in [5.74, 6) is 2.74. The molecule has 0 amide bonds. The molecule has 114 valence electrons. The number of aryl methyl sites for hydroxylation is 1. The first-order valence-electron chi connectivity index (χ1n) is 7.80. The average molecular weight is 287 g/mol. The summed E-state index contributed by atoms with van der Waals surface area (Å²) in [6.07, 6.45) is 8.35. The lowest BCUT2D eigenvalue weighted by Crippen LogP contribution is -2.26. The SMILES string of the molecule is CC(C)(C)c1cn2c(n1)[C@H](CNCc1ncc[nH]1)CCC2. The number of rotatable bonds is 4. The molecule has 0 aromatic carbocycles. The number of imidazole rings is 2. The van der Waals surface area contributed by atoms with Gasteiger partial charge in [-0.3, -0.25) is 0 Å². The van der Waals surface area contributed by atoms with Crippen LogP contribution in [0.3, 0.4) is 0 Å². The predicted molar refractivity (Wildman–Crippen MR) is 83.2 cm³/mol. The van der Waals surface area contributed by atoms with Crippen LogP contribution in [0.15, 0.2) is 18.6 Å². The molecule has 0 radical (unpaired) electrons. The minimum Gasteiger partial charge on any atom is -0.348 e. The van der Waals surface area contributed by atoms with E-state index in [2.05, 4.69) is 46.8 Å². The van der Waals surface area contributed by atoms with E-state index in [0.29, 0.717) is 5.92 Å². The van der Waals surface area contributed by atoms with Crippen molar-refractivity contribution in [3.63, 3.8) is 0 Å². The Balaban J connectivity index is 1.67. The molecule has 0 bridgehead atoms. The summed E-state index contributed by atoms with van der Waals surface area (Å²) < 4.78 is 2.35. The fraction of sp³-hybridized carbons (Fsp3) is 0.625. The van der Waals surface area contributed by atoms with Crippen LogP contribution in [0.2, 0.25) is 0 Å². The molecule has 0 unspecified atom stereocenters. The zero-order valence-electron chi connectivity index (χ0n) is 13.2. The van der Waals surface area contributed by atoms with Crippen molar-refractivity contribution < 1.29 is 0 Å². The van der Waals surface area contributed by atoms with Gasteiger partial charge in [-0.25, -0.2) is 9.97 Å². The van der Waals surface area contributed by atoms with Gasteiger partial charge in [0.05, 0.1) is 12.2 Å². The number of H-pyrrole nitrogens is 1. The van der Waals surface area contributed by atoms with Crippen molar-refractivity contribution in [1.82, 2.24) is 24.8 Å². The highest BCUT2D eigenvalue weighted by Crippen LogP contribution is 2.30. The Morgan fingerprint density at radius 1 is 1.43 bits per heavy atom. The van der Waals surface area contributed by atoms with Crippen molar-refractivity contribution in [3.05, 3.63) is 35.9 Å². The van der Waals surface area contributed by atoms with Gasteiger partial charge in [-0.2, -0.15) is 0 Å². The van der Waals surface area contributed by atoms with Gasteiger partial charge >= 0.3 is 0 Å². The molecule has 2 aromatic heterocycles. The van der Waals surface area contributed by atoms with Crippen LogP contribution in [0.1, 0.15) is 56.9 Å². The summed E-state index contributed by atoms with van der Waals surface area (Å²) >= 11 is 0. The standard InChI is InChI=1S/C16H25N5/c1-16(2,3)13-11-21-8-4-5-12(15(21)20-13)9-17-10-14-18-6-7-19-14/h6-7,11-12,17H,4-5,8-10H2,1-3H3,(H,18,19)/t12-/m0/s1. The molecule has 5 nitrogen and oxygen atoms in total. The predicted octanol–water partition coefficient (Wildman–Crippen LogP) is 2.57. The Kier molecular flexibility index (Phi) is 3.85. The summed E-state index contributed by atoms with van der Waals surface area (Å²) in [4.78, 5) is 12.3. The molecule has 1 atom stereocenters. The lowest BCUT2D eigenvalue weighted by Gasteiger charge is -2.23. The van der Waals surface area contributed by atoms with Crippen molar-refractivity contribution in [3.8, 4) is 0 Å². The van der Waals surface area contributed by atoms with Gasteiger partial charge in [0, 0.05) is 43.0 Å². The van der Waals surface area contributed by atoms with Crippen LogP contribution in [-0.2, 0) is 18.5 Å². The second-order valence-electron chi connectivity index (χ2n) is 6.93. The molecule has 2 aromatic rings. The van der Waals surface area contributed by atoms with Crippen molar-refractivity contribution in [2.24, 2.45) is 0 Å². The monoisotopic (exact) mass is 287 g/mol. The quantitative estimate of drug-likeness (QED) is 0.908. The second-order valence-corrected chi connectivity index (χ2v) is 6.93. The van der Waals surface area contributed by atoms with Gasteiger partial charge in [-0.05, 0) is 12.8 Å². The van der Waals surface area contributed by atoms with Crippen LogP contribution in [0.5, 0.6) is 0 Å². The fourth-order valence-electron chi connectivity index (χ4n) is 2.89. The average Bonchev–Trinajstić information content (AvgIpc) is 3.06. The summed E-state index contributed by atoms with van der Waals surface area (Å²) in [7, 11) is 0. The third-order valence-corrected chi connectivity index (χ3v) is 4.13. The van der Waals surface area contributed by atoms with E-state index in [0.717, 1.165) is 25.5 Å². The van der Waals surface area contributed by atoms with Crippen LogP contribution in [0.25, 0.3) is 0 Å². The van der Waals surface area contributed by atoms with Gasteiger partial charge in [0.25, 0.3) is 0 Å². The smallest absolute Gasteiger partial charge is 0.120 e. The van der Waals surface area contributed by atoms with Gasteiger partial charge in [0.15, 0.2) is 0 Å². The van der Waals surface area contributed by atoms with Crippen LogP contribution in [0.4, 0.5) is 0 Å². The molecule has 0 aliphatic carbocycles. The van der Waals surface area contributed by atoms with E-state index < -0.39 is 0 Å². The second kappa shape index (κ2) is 5.64. The van der Waals surface area contributed by atoms with Crippen molar-refractivity contribution in [2.75, 3.05) is 6.54 Å². The maximum Gasteiger partial charge on any atom is 0.120 e. The lowest BCUT2D eigenvalue weighted by atomic mass is 9.93. The molecule has 2 N–H and O–H groups in total. The Morgan fingerprint density at radius 2 is 2.29 bits per heavy atom. The fourth-order valence-corrected chi connectivity index (χ4v) is 2.89. The molecule has 1 aliphatic heterocycles. The van der Waals surface area contributed by atoms with Crippen molar-refractivity contribution >= 4 is 0 Å². The van der Waals surface area contributed by atoms with E-state index in [1.807, 2.05) is 6.20 Å². The van der Waals surface area contributed by atoms with Gasteiger partial charge in [-0.15, -0.1) is 0 Å². The molecule has 0 spiro atoms. The van der Waals surface area contributed by atoms with Crippen molar-refractivity contribution in [1.29, 1.82) is 0 Å². The summed E-state index contributed by atoms with van der Waals surface area (Å²) in [6, 6.07) is 0. The highest BCUT2D eigenvalue weighted by Gasteiger charge is 2.26. The first kappa shape index (κ1) is 14.3. The largest absolute Gasteiger partial charge is 0.348 e. The molecule has 0 saturated carbocycles. The van der Waals surface area contributed by atoms with Crippen LogP contribution >= 0.6 is 0 Å². The maximum absolute atomic E-state index is 4.92. The van der Waals surface area contributed by atoms with E-state index in [-0.39, 0.29) is 5.41 Å². The molecular formula is C16H25N5. The van der Waals surface area contributed by atoms with Gasteiger partial charge in [0.2, 0.25) is 0 Å². The third kappa shape index (κ3) is 3.18. The van der Waals surface area contributed by atoms with E-state index in [9.17, 15) is 0 Å². The van der Waals surface area contributed by atoms with Crippen LogP contribution < -0.4 is 5.32 Å². The highest BCUT2D eigenvalue weighted by molar-refractivity contribution is 5.17. The molecule has 0 fully saturated rings. The van der Waals surface area contributed by atoms with Crippen LogP contribution in [-0.4, -0.2) is 26.1 Å². The van der Waals surface area contributed by atoms with Crippen LogP contribution in [0, 0.1) is 0 Å². The zero-order chi connectivity index (χ0) is 14.9. The summed E-state index contributed by atoms with van der Waals surface area (Å²) in [6.45, 7) is 9.53. The first-order valence-corrected chi connectivity index (χ1v) is 7.80. The number of aromatic nitrogens is 4. The third-order valence-electron chi connectivity index (χ3n) is 4.13. The Bertz CT molecular complexity index is 576. The van der Waals surface area contributed by atoms with E-state index >= 15 is 0 Å². The number of hydrogen-bond acceptors (Lipinski definition) is 3. The number of nitrogens with zero attached hydrogens (tertiary/aromatic N) is 3. The topological polar surface area (TPSA) is 58.5 Å². The normalized spacial score (nSPS) is 18.7. The molecule has 1 aliphatic rings.